The Balaban J connectivity index is 1.71. The molecule has 0 aromatic heterocycles. The number of nitrogens with two attached hydrogens (primary N) is 1. The van der Waals surface area contributed by atoms with E-state index in [1.807, 2.05) is 12.1 Å². The highest BCUT2D eigenvalue weighted by molar-refractivity contribution is 5.99. The highest BCUT2D eigenvalue weighted by Crippen LogP contribution is 2.17. The van der Waals surface area contributed by atoms with Gasteiger partial charge in [0.05, 0.1) is 5.56 Å². The molecule has 0 aliphatic carbocycles. The molecule has 1 amide bonds. The minimum atomic E-state index is -0.0619. The zero-order valence-corrected chi connectivity index (χ0v) is 13.7. The first-order chi connectivity index (χ1) is 10.6. The zero-order chi connectivity index (χ0) is 15.9. The van der Waals surface area contributed by atoms with Gasteiger partial charge in [-0.2, -0.15) is 0 Å². The van der Waals surface area contributed by atoms with Crippen molar-refractivity contribution in [2.24, 2.45) is 5.92 Å². The Morgan fingerprint density at radius 2 is 2.00 bits per heavy atom. The highest BCUT2D eigenvalue weighted by atomic mass is 16.1. The van der Waals surface area contributed by atoms with Gasteiger partial charge >= 0.3 is 0 Å². The molecular formula is C17H28N4O. The fourth-order valence-corrected chi connectivity index (χ4v) is 2.79. The third-order valence-electron chi connectivity index (χ3n) is 4.33. The molecule has 3 N–H and O–H groups in total. The Labute approximate surface area is 133 Å². The Morgan fingerprint density at radius 1 is 1.32 bits per heavy atom. The quantitative estimate of drug-likeness (QED) is 0.777. The van der Waals surface area contributed by atoms with Gasteiger partial charge in [0.25, 0.3) is 5.91 Å². The maximum atomic E-state index is 12.1. The maximum absolute atomic E-state index is 12.1. The summed E-state index contributed by atoms with van der Waals surface area (Å²) >= 11 is 0. The van der Waals surface area contributed by atoms with Crippen LogP contribution in [0.2, 0.25) is 0 Å². The van der Waals surface area contributed by atoms with Crippen molar-refractivity contribution in [2.45, 2.75) is 12.8 Å². The molecule has 2 rings (SSSR count). The van der Waals surface area contributed by atoms with Crippen LogP contribution in [0.4, 0.5) is 5.69 Å². The molecule has 1 aliphatic rings. The van der Waals surface area contributed by atoms with E-state index in [9.17, 15) is 4.79 Å². The standard InChI is InChI=1S/C17H28N4O/c1-20(2)11-12-21-9-7-14(8-10-21)13-19-17(22)15-5-3-4-6-16(15)18/h3-6,14H,7-13,18H2,1-2H3,(H,19,22). The molecule has 5 nitrogen and oxygen atoms in total. The normalized spacial score (nSPS) is 16.9. The van der Waals surface area contributed by atoms with Crippen molar-refractivity contribution in [1.82, 2.24) is 15.1 Å². The number of likely N-dealkylation sites (N-methyl/N-ethyl adjacent to an activating group) is 1. The van der Waals surface area contributed by atoms with Crippen LogP contribution < -0.4 is 11.1 Å². The predicted molar refractivity (Wildman–Crippen MR) is 90.9 cm³/mol. The zero-order valence-electron chi connectivity index (χ0n) is 13.7. The third kappa shape index (κ3) is 5.00. The van der Waals surface area contributed by atoms with Crippen LogP contribution in [0, 0.1) is 5.92 Å². The van der Waals surface area contributed by atoms with Gasteiger partial charge in [-0.3, -0.25) is 4.79 Å². The van der Waals surface area contributed by atoms with Crippen molar-refractivity contribution in [2.75, 3.05) is 52.6 Å². The van der Waals surface area contributed by atoms with Crippen LogP contribution in [0.15, 0.2) is 24.3 Å². The number of rotatable bonds is 6. The van der Waals surface area contributed by atoms with Crippen molar-refractivity contribution < 1.29 is 4.79 Å². The summed E-state index contributed by atoms with van der Waals surface area (Å²) in [5, 5.41) is 3.03. The first kappa shape index (κ1) is 16.8. The van der Waals surface area contributed by atoms with Gasteiger partial charge in [-0.1, -0.05) is 12.1 Å². The molecular weight excluding hydrogens is 276 g/mol. The first-order valence-corrected chi connectivity index (χ1v) is 8.06. The van der Waals surface area contributed by atoms with E-state index in [4.69, 9.17) is 5.73 Å². The summed E-state index contributed by atoms with van der Waals surface area (Å²) in [5.41, 5.74) is 6.95. The number of carbonyl (C=O) groups excluding carboxylic acids is 1. The van der Waals surface area contributed by atoms with Crippen LogP contribution in [0.25, 0.3) is 0 Å². The van der Waals surface area contributed by atoms with E-state index in [0.29, 0.717) is 17.2 Å². The van der Waals surface area contributed by atoms with Crippen LogP contribution in [0.1, 0.15) is 23.2 Å². The average Bonchev–Trinajstić information content (AvgIpc) is 2.52. The van der Waals surface area contributed by atoms with E-state index in [1.54, 1.807) is 12.1 Å². The third-order valence-corrected chi connectivity index (χ3v) is 4.33. The summed E-state index contributed by atoms with van der Waals surface area (Å²) in [4.78, 5) is 16.9. The summed E-state index contributed by atoms with van der Waals surface area (Å²) in [7, 11) is 4.22. The smallest absolute Gasteiger partial charge is 0.253 e. The van der Waals surface area contributed by atoms with Crippen LogP contribution in [-0.2, 0) is 0 Å². The van der Waals surface area contributed by atoms with Gasteiger partial charge in [0.2, 0.25) is 0 Å². The minimum Gasteiger partial charge on any atom is -0.398 e. The summed E-state index contributed by atoms with van der Waals surface area (Å²) in [6, 6.07) is 7.22. The number of hydrogen-bond donors (Lipinski definition) is 2. The van der Waals surface area contributed by atoms with Gasteiger partial charge in [0, 0.05) is 25.3 Å². The Hall–Kier alpha value is -1.59. The number of likely N-dealkylation sites (tertiary alicyclic amines) is 1. The Morgan fingerprint density at radius 3 is 2.64 bits per heavy atom. The molecule has 1 saturated heterocycles. The van der Waals surface area contributed by atoms with E-state index in [-0.39, 0.29) is 5.91 Å². The Kier molecular flexibility index (Phi) is 6.21. The largest absolute Gasteiger partial charge is 0.398 e. The average molecular weight is 304 g/mol. The molecule has 1 heterocycles. The second kappa shape index (κ2) is 8.15. The molecule has 1 aliphatic heterocycles. The molecule has 22 heavy (non-hydrogen) atoms. The van der Waals surface area contributed by atoms with E-state index < -0.39 is 0 Å². The predicted octanol–water partition coefficient (Wildman–Crippen LogP) is 1.27. The molecule has 1 aromatic carbocycles. The summed E-state index contributed by atoms with van der Waals surface area (Å²) < 4.78 is 0. The van der Waals surface area contributed by atoms with Crippen LogP contribution in [0.5, 0.6) is 0 Å². The number of para-hydroxylation sites is 1. The number of benzene rings is 1. The second-order valence-corrected chi connectivity index (χ2v) is 6.39. The molecule has 0 saturated carbocycles. The lowest BCUT2D eigenvalue weighted by Gasteiger charge is -2.32. The fourth-order valence-electron chi connectivity index (χ4n) is 2.79. The van der Waals surface area contributed by atoms with Crippen LogP contribution in [0.3, 0.4) is 0 Å². The number of hydrogen-bond acceptors (Lipinski definition) is 4. The van der Waals surface area contributed by atoms with Crippen molar-refractivity contribution in [3.8, 4) is 0 Å². The molecule has 0 radical (unpaired) electrons. The molecule has 0 atom stereocenters. The lowest BCUT2D eigenvalue weighted by Crippen LogP contribution is -2.41. The fraction of sp³-hybridized carbons (Fsp3) is 0.588. The van der Waals surface area contributed by atoms with E-state index in [2.05, 4.69) is 29.2 Å². The lowest BCUT2D eigenvalue weighted by molar-refractivity contribution is 0.0936. The van der Waals surface area contributed by atoms with Gasteiger partial charge in [0.15, 0.2) is 0 Å². The van der Waals surface area contributed by atoms with Crippen molar-refractivity contribution in [3.63, 3.8) is 0 Å². The van der Waals surface area contributed by atoms with Crippen LogP contribution >= 0.6 is 0 Å². The van der Waals surface area contributed by atoms with Gasteiger partial charge in [-0.15, -0.1) is 0 Å². The number of nitrogens with zero attached hydrogens (tertiary/aromatic N) is 2. The number of anilines is 1. The van der Waals surface area contributed by atoms with Gasteiger partial charge < -0.3 is 20.9 Å². The van der Waals surface area contributed by atoms with E-state index in [1.165, 1.54) is 0 Å². The summed E-state index contributed by atoms with van der Waals surface area (Å²) in [6.45, 7) is 5.24. The van der Waals surface area contributed by atoms with Crippen molar-refractivity contribution >= 4 is 11.6 Å². The van der Waals surface area contributed by atoms with Gasteiger partial charge in [0.1, 0.15) is 0 Å². The molecule has 0 bridgehead atoms. The molecule has 5 heteroatoms. The van der Waals surface area contributed by atoms with Crippen molar-refractivity contribution in [1.29, 1.82) is 0 Å². The number of amides is 1. The number of nitrogen functional groups attached to an aromatic ring is 1. The molecule has 1 aromatic rings. The number of nitrogens with one attached hydrogen (secondary N) is 1. The SMILES string of the molecule is CN(C)CCN1CCC(CNC(=O)c2ccccc2N)CC1. The molecule has 0 unspecified atom stereocenters. The summed E-state index contributed by atoms with van der Waals surface area (Å²) in [5.74, 6) is 0.512. The van der Waals surface area contributed by atoms with Crippen molar-refractivity contribution in [3.05, 3.63) is 29.8 Å². The molecule has 1 fully saturated rings. The van der Waals surface area contributed by atoms with Gasteiger partial charge in [-0.05, 0) is 58.1 Å². The number of piperidine rings is 1. The van der Waals surface area contributed by atoms with E-state index >= 15 is 0 Å². The maximum Gasteiger partial charge on any atom is 0.253 e. The monoisotopic (exact) mass is 304 g/mol. The minimum absolute atomic E-state index is 0.0619. The van der Waals surface area contributed by atoms with Gasteiger partial charge in [-0.25, -0.2) is 0 Å². The molecule has 122 valence electrons. The lowest BCUT2D eigenvalue weighted by atomic mass is 9.96. The highest BCUT2D eigenvalue weighted by Gasteiger charge is 2.20. The number of carbonyl (C=O) groups is 1. The topological polar surface area (TPSA) is 61.6 Å². The first-order valence-electron chi connectivity index (χ1n) is 8.06. The summed E-state index contributed by atoms with van der Waals surface area (Å²) in [6.07, 6.45) is 2.30. The van der Waals surface area contributed by atoms with E-state index in [0.717, 1.165) is 45.6 Å². The second-order valence-electron chi connectivity index (χ2n) is 6.39. The molecule has 0 spiro atoms. The van der Waals surface area contributed by atoms with Crippen LogP contribution in [-0.4, -0.2) is 62.5 Å². The Bertz CT molecular complexity index is 481.